The van der Waals surface area contributed by atoms with Crippen molar-refractivity contribution >= 4 is 31.9 Å². The van der Waals surface area contributed by atoms with Crippen LogP contribution in [0.3, 0.4) is 0 Å². The van der Waals surface area contributed by atoms with Crippen molar-refractivity contribution < 1.29 is 9.47 Å². The molecule has 2 aromatic carbocycles. The lowest BCUT2D eigenvalue weighted by Crippen LogP contribution is -1.88. The summed E-state index contributed by atoms with van der Waals surface area (Å²) >= 11 is 6.86. The molecule has 0 aliphatic rings. The fourth-order valence-electron chi connectivity index (χ4n) is 1.72. The Morgan fingerprint density at radius 3 is 1.86 bits per heavy atom. The van der Waals surface area contributed by atoms with Crippen LogP contribution in [0.4, 0.5) is 0 Å². The molecule has 2 rings (SSSR count). The first kappa shape index (κ1) is 18.1. The molecule has 0 aromatic heterocycles. The molecule has 114 valence electrons. The van der Waals surface area contributed by atoms with Gasteiger partial charge in [-0.2, -0.15) is 0 Å². The van der Waals surface area contributed by atoms with E-state index in [1.54, 1.807) is 14.2 Å². The first-order chi connectivity index (χ1) is 9.88. The molecule has 0 atom stereocenters. The van der Waals surface area contributed by atoms with Gasteiger partial charge in [-0.1, -0.05) is 31.9 Å². The number of benzene rings is 2. The maximum atomic E-state index is 5.16. The minimum absolute atomic E-state index is 0.903. The Morgan fingerprint density at radius 2 is 1.33 bits per heavy atom. The number of aryl methyl sites for hydroxylation is 3. The van der Waals surface area contributed by atoms with Gasteiger partial charge < -0.3 is 9.47 Å². The molecule has 0 heterocycles. The van der Waals surface area contributed by atoms with Crippen LogP contribution in [0.2, 0.25) is 0 Å². The highest BCUT2D eigenvalue weighted by Gasteiger charge is 2.01. The number of ether oxygens (including phenoxy) is 2. The summed E-state index contributed by atoms with van der Waals surface area (Å²) in [6.07, 6.45) is 0. The van der Waals surface area contributed by atoms with Gasteiger partial charge in [-0.3, -0.25) is 0 Å². The first-order valence-corrected chi connectivity index (χ1v) is 8.08. The van der Waals surface area contributed by atoms with Gasteiger partial charge in [0.1, 0.15) is 11.5 Å². The molecule has 0 amide bonds. The third-order valence-corrected chi connectivity index (χ3v) is 4.79. The molecule has 0 spiro atoms. The minimum Gasteiger partial charge on any atom is -0.497 e. The number of hydrogen-bond donors (Lipinski definition) is 0. The zero-order valence-corrected chi connectivity index (χ0v) is 16.1. The molecule has 2 nitrogen and oxygen atoms in total. The van der Waals surface area contributed by atoms with E-state index in [9.17, 15) is 0 Å². The first-order valence-electron chi connectivity index (χ1n) is 6.50. The Balaban J connectivity index is 0.000000211. The zero-order chi connectivity index (χ0) is 16.0. The van der Waals surface area contributed by atoms with Crippen LogP contribution >= 0.6 is 31.9 Å². The van der Waals surface area contributed by atoms with Crippen LogP contribution < -0.4 is 9.47 Å². The lowest BCUT2D eigenvalue weighted by Gasteiger charge is -2.06. The van der Waals surface area contributed by atoms with E-state index in [1.807, 2.05) is 45.0 Å². The monoisotopic (exact) mass is 414 g/mol. The van der Waals surface area contributed by atoms with E-state index in [-0.39, 0.29) is 0 Å². The van der Waals surface area contributed by atoms with E-state index >= 15 is 0 Å². The maximum absolute atomic E-state index is 5.16. The molecule has 0 radical (unpaired) electrons. The fraction of sp³-hybridized carbons (Fsp3) is 0.294. The van der Waals surface area contributed by atoms with E-state index in [1.165, 1.54) is 11.1 Å². The van der Waals surface area contributed by atoms with Crippen molar-refractivity contribution in [2.45, 2.75) is 20.8 Å². The molecule has 0 aliphatic heterocycles. The molecule has 0 aliphatic carbocycles. The summed E-state index contributed by atoms with van der Waals surface area (Å²) < 4.78 is 12.4. The standard InChI is InChI=1S/C9H11BrO.C8H9BrO/c1-6-5-9(11-3)7(2)4-8(6)10;1-6-5-7(10-2)3-4-8(6)9/h4-5H,1-3H3;3-5H,1-2H3. The van der Waals surface area contributed by atoms with Crippen LogP contribution in [0.25, 0.3) is 0 Å². The van der Waals surface area contributed by atoms with Gasteiger partial charge in [-0.05, 0) is 67.8 Å². The lowest BCUT2D eigenvalue weighted by molar-refractivity contribution is 0.411. The van der Waals surface area contributed by atoms with E-state index in [0.29, 0.717) is 0 Å². The highest BCUT2D eigenvalue weighted by molar-refractivity contribution is 9.10. The van der Waals surface area contributed by atoms with Crippen molar-refractivity contribution in [3.05, 3.63) is 56.0 Å². The van der Waals surface area contributed by atoms with Gasteiger partial charge in [0.25, 0.3) is 0 Å². The van der Waals surface area contributed by atoms with E-state index in [4.69, 9.17) is 9.47 Å². The van der Waals surface area contributed by atoms with Crippen molar-refractivity contribution in [2.24, 2.45) is 0 Å². The summed E-state index contributed by atoms with van der Waals surface area (Å²) in [6.45, 7) is 6.11. The van der Waals surface area contributed by atoms with Crippen molar-refractivity contribution in [2.75, 3.05) is 14.2 Å². The van der Waals surface area contributed by atoms with Crippen LogP contribution in [0.15, 0.2) is 39.3 Å². The van der Waals surface area contributed by atoms with Gasteiger partial charge in [0.05, 0.1) is 14.2 Å². The quantitative estimate of drug-likeness (QED) is 0.613. The Morgan fingerprint density at radius 1 is 0.714 bits per heavy atom. The summed E-state index contributed by atoms with van der Waals surface area (Å²) in [5.74, 6) is 1.85. The second-order valence-corrected chi connectivity index (χ2v) is 6.39. The molecule has 4 heteroatoms. The average molecular weight is 416 g/mol. The van der Waals surface area contributed by atoms with Gasteiger partial charge in [0.2, 0.25) is 0 Å². The molecule has 21 heavy (non-hydrogen) atoms. The molecule has 0 saturated heterocycles. The highest BCUT2D eigenvalue weighted by Crippen LogP contribution is 2.25. The summed E-state index contributed by atoms with van der Waals surface area (Å²) in [6, 6.07) is 9.99. The van der Waals surface area contributed by atoms with Crippen LogP contribution in [0.5, 0.6) is 11.5 Å². The topological polar surface area (TPSA) is 18.5 Å². The zero-order valence-electron chi connectivity index (χ0n) is 13.0. The molecule has 0 bridgehead atoms. The third-order valence-electron chi connectivity index (χ3n) is 3.04. The van der Waals surface area contributed by atoms with Crippen LogP contribution in [0.1, 0.15) is 16.7 Å². The predicted octanol–water partition coefficient (Wildman–Crippen LogP) is 5.84. The van der Waals surface area contributed by atoms with Gasteiger partial charge >= 0.3 is 0 Å². The van der Waals surface area contributed by atoms with Gasteiger partial charge in [0.15, 0.2) is 0 Å². The number of halogens is 2. The maximum Gasteiger partial charge on any atom is 0.122 e. The summed E-state index contributed by atoms with van der Waals surface area (Å²) in [7, 11) is 3.36. The minimum atomic E-state index is 0.903. The summed E-state index contributed by atoms with van der Waals surface area (Å²) in [5, 5.41) is 0. The predicted molar refractivity (Wildman–Crippen MR) is 95.6 cm³/mol. The Hall–Kier alpha value is -1.00. The smallest absolute Gasteiger partial charge is 0.122 e. The largest absolute Gasteiger partial charge is 0.497 e. The van der Waals surface area contributed by atoms with Gasteiger partial charge in [-0.25, -0.2) is 0 Å². The lowest BCUT2D eigenvalue weighted by atomic mass is 10.1. The van der Waals surface area contributed by atoms with Gasteiger partial charge in [0, 0.05) is 8.95 Å². The van der Waals surface area contributed by atoms with Crippen LogP contribution in [-0.4, -0.2) is 14.2 Å². The molecular weight excluding hydrogens is 396 g/mol. The van der Waals surface area contributed by atoms with Crippen LogP contribution in [-0.2, 0) is 0 Å². The Kier molecular flexibility index (Phi) is 7.26. The van der Waals surface area contributed by atoms with E-state index in [2.05, 4.69) is 37.9 Å². The molecule has 0 saturated carbocycles. The SMILES string of the molecule is COc1cc(C)c(Br)cc1C.COc1ccc(Br)c(C)c1. The van der Waals surface area contributed by atoms with E-state index in [0.717, 1.165) is 26.0 Å². The third kappa shape index (κ3) is 5.36. The molecule has 0 fully saturated rings. The average Bonchev–Trinajstić information content (AvgIpc) is 2.46. The Bertz CT molecular complexity index is 610. The second-order valence-electron chi connectivity index (χ2n) is 4.69. The van der Waals surface area contributed by atoms with Crippen molar-refractivity contribution in [1.29, 1.82) is 0 Å². The number of rotatable bonds is 2. The summed E-state index contributed by atoms with van der Waals surface area (Å²) in [5.41, 5.74) is 3.55. The molecular formula is C17H20Br2O2. The van der Waals surface area contributed by atoms with Crippen LogP contribution in [0, 0.1) is 20.8 Å². The van der Waals surface area contributed by atoms with Crippen molar-refractivity contribution in [1.82, 2.24) is 0 Å². The normalized spacial score (nSPS) is 9.67. The molecule has 2 aromatic rings. The fourth-order valence-corrected chi connectivity index (χ4v) is 2.42. The summed E-state index contributed by atoms with van der Waals surface area (Å²) in [4.78, 5) is 0. The van der Waals surface area contributed by atoms with E-state index < -0.39 is 0 Å². The number of hydrogen-bond acceptors (Lipinski definition) is 2. The van der Waals surface area contributed by atoms with Crippen molar-refractivity contribution in [3.63, 3.8) is 0 Å². The van der Waals surface area contributed by atoms with Crippen molar-refractivity contribution in [3.8, 4) is 11.5 Å². The molecule has 0 unspecified atom stereocenters. The van der Waals surface area contributed by atoms with Gasteiger partial charge in [-0.15, -0.1) is 0 Å². The second kappa shape index (κ2) is 8.44. The number of methoxy groups -OCH3 is 2. The molecule has 0 N–H and O–H groups in total. The highest BCUT2D eigenvalue weighted by atomic mass is 79.9. The Labute approximate surface area is 143 Å².